The summed E-state index contributed by atoms with van der Waals surface area (Å²) in [5, 5.41) is 5.21. The van der Waals surface area contributed by atoms with Gasteiger partial charge in [-0.25, -0.2) is 23.3 Å². The molecule has 0 unspecified atom stereocenters. The highest BCUT2D eigenvalue weighted by Gasteiger charge is 2.40. The van der Waals surface area contributed by atoms with E-state index in [-0.39, 0.29) is 36.6 Å². The molecule has 14 heteroatoms. The van der Waals surface area contributed by atoms with E-state index in [1.807, 2.05) is 0 Å². The number of ether oxygens (including phenoxy) is 1. The van der Waals surface area contributed by atoms with E-state index >= 15 is 0 Å². The average molecular weight is 514 g/mol. The Morgan fingerprint density at radius 2 is 1.83 bits per heavy atom. The number of piperidine rings is 1. The van der Waals surface area contributed by atoms with Crippen LogP contribution < -0.4 is 10.9 Å². The molecule has 1 aliphatic rings. The zero-order valence-corrected chi connectivity index (χ0v) is 19.4. The zero-order chi connectivity index (χ0) is 22.2. The molecule has 0 aromatic carbocycles. The molecular weight excluding hydrogens is 490 g/mol. The molecule has 0 spiro atoms. The van der Waals surface area contributed by atoms with Crippen molar-refractivity contribution in [1.82, 2.24) is 13.6 Å². The zero-order valence-electron chi connectivity index (χ0n) is 16.2. The molecule has 0 bridgehead atoms. The number of carbonyl (C=O) groups is 1. The number of amides is 1. The first-order valence-electron chi connectivity index (χ1n) is 8.59. The number of carbonyl (C=O) groups excluding carboxylic acids is 1. The van der Waals surface area contributed by atoms with E-state index in [9.17, 15) is 21.6 Å². The molecule has 2 rings (SSSR count). The summed E-state index contributed by atoms with van der Waals surface area (Å²) in [6.07, 6.45) is 0.388. The van der Waals surface area contributed by atoms with Crippen LogP contribution in [0, 0.1) is 0 Å². The quantitative estimate of drug-likeness (QED) is 0.601. The highest BCUT2D eigenvalue weighted by Crippen LogP contribution is 2.28. The van der Waals surface area contributed by atoms with E-state index in [1.54, 1.807) is 20.8 Å². The third-order valence-corrected chi connectivity index (χ3v) is 7.43. The van der Waals surface area contributed by atoms with Gasteiger partial charge < -0.3 is 10.5 Å². The van der Waals surface area contributed by atoms with Crippen molar-refractivity contribution >= 4 is 48.1 Å². The van der Waals surface area contributed by atoms with Crippen LogP contribution >= 0.6 is 15.9 Å². The van der Waals surface area contributed by atoms with Gasteiger partial charge in [-0.3, -0.25) is 0 Å². The Bertz CT molecular complexity index is 985. The number of anilines is 1. The average Bonchev–Trinajstić information content (AvgIpc) is 2.54. The van der Waals surface area contributed by atoms with E-state index in [1.165, 1.54) is 16.6 Å². The maximum absolute atomic E-state index is 12.9. The van der Waals surface area contributed by atoms with Gasteiger partial charge in [0.25, 0.3) is 0 Å². The number of aromatic nitrogens is 1. The molecule has 1 aromatic rings. The van der Waals surface area contributed by atoms with Crippen LogP contribution in [-0.2, 0) is 25.0 Å². The van der Waals surface area contributed by atoms with Crippen molar-refractivity contribution in [3.8, 4) is 0 Å². The lowest BCUT2D eigenvalue weighted by Crippen LogP contribution is -2.53. The molecule has 1 aliphatic heterocycles. The Kier molecular flexibility index (Phi) is 6.84. The molecule has 1 amide bonds. The van der Waals surface area contributed by atoms with Crippen molar-refractivity contribution in [1.29, 1.82) is 0 Å². The molecule has 0 radical (unpaired) electrons. The highest BCUT2D eigenvalue weighted by molar-refractivity contribution is 9.10. The number of nitrogen functional groups attached to an aromatic ring is 1. The number of sulfonamides is 1. The highest BCUT2D eigenvalue weighted by atomic mass is 79.9. The summed E-state index contributed by atoms with van der Waals surface area (Å²) < 4.78 is 57.0. The Hall–Kier alpha value is -1.48. The summed E-state index contributed by atoms with van der Waals surface area (Å²) in [7, 11) is -8.35. The molecule has 2 heterocycles. The third-order valence-electron chi connectivity index (χ3n) is 4.07. The number of halogens is 1. The van der Waals surface area contributed by atoms with Gasteiger partial charge in [0.15, 0.2) is 0 Å². The van der Waals surface area contributed by atoms with Crippen molar-refractivity contribution in [3.05, 3.63) is 16.7 Å². The fourth-order valence-corrected chi connectivity index (χ4v) is 5.78. The molecule has 0 saturated carbocycles. The predicted octanol–water partition coefficient (Wildman–Crippen LogP) is 1.02. The number of pyridine rings is 1. The van der Waals surface area contributed by atoms with Crippen molar-refractivity contribution in [2.75, 3.05) is 18.8 Å². The normalized spacial score (nSPS) is 17.1. The maximum atomic E-state index is 12.9. The minimum Gasteiger partial charge on any atom is -0.443 e. The first-order chi connectivity index (χ1) is 13.1. The molecule has 0 atom stereocenters. The van der Waals surface area contributed by atoms with Crippen LogP contribution in [0.3, 0.4) is 0 Å². The van der Waals surface area contributed by atoms with Crippen LogP contribution in [0.1, 0.15) is 33.6 Å². The van der Waals surface area contributed by atoms with Crippen molar-refractivity contribution in [3.63, 3.8) is 0 Å². The smallest absolute Gasteiger partial charge is 0.425 e. The van der Waals surface area contributed by atoms with Crippen LogP contribution in [0.25, 0.3) is 0 Å². The summed E-state index contributed by atoms with van der Waals surface area (Å²) in [6, 6.07) is 0.519. The van der Waals surface area contributed by atoms with Gasteiger partial charge >= 0.3 is 16.3 Å². The summed E-state index contributed by atoms with van der Waals surface area (Å²) in [4.78, 5) is 16.0. The molecule has 1 saturated heterocycles. The number of hydrogen-bond acceptors (Lipinski definition) is 8. The maximum Gasteiger partial charge on any atom is 0.425 e. The fraction of sp³-hybridized carbons (Fsp3) is 0.600. The minimum atomic E-state index is -4.40. The van der Waals surface area contributed by atoms with Crippen LogP contribution in [-0.4, -0.2) is 61.3 Å². The second kappa shape index (κ2) is 8.34. The topological polar surface area (TPSA) is 166 Å². The van der Waals surface area contributed by atoms with E-state index in [0.717, 1.165) is 0 Å². The van der Waals surface area contributed by atoms with E-state index in [2.05, 4.69) is 20.9 Å². The number of hydrogen-bond donors (Lipinski definition) is 2. The molecule has 1 fully saturated rings. The van der Waals surface area contributed by atoms with E-state index in [4.69, 9.17) is 15.6 Å². The molecule has 4 N–H and O–H groups in total. The number of nitrogens with zero attached hydrogens (tertiary/aromatic N) is 3. The van der Waals surface area contributed by atoms with Gasteiger partial charge in [-0.15, -0.1) is 0 Å². The molecule has 11 nitrogen and oxygen atoms in total. The van der Waals surface area contributed by atoms with Crippen LogP contribution in [0.2, 0.25) is 0 Å². The van der Waals surface area contributed by atoms with Gasteiger partial charge in [-0.05, 0) is 55.6 Å². The Balaban J connectivity index is 2.21. The lowest BCUT2D eigenvalue weighted by molar-refractivity contribution is 0.0307. The summed E-state index contributed by atoms with van der Waals surface area (Å²) in [5.74, 6) is -0.143. The Labute approximate surface area is 178 Å². The second-order valence-corrected chi connectivity index (χ2v) is 11.7. The molecule has 1 aromatic heterocycles. The first-order valence-corrected chi connectivity index (χ1v) is 12.3. The van der Waals surface area contributed by atoms with Crippen molar-refractivity contribution in [2.45, 2.75) is 50.2 Å². The SMILES string of the molecule is CC(C)(C)OC(=O)N(C1CCN(S(=O)(=O)c2cc(Br)cnc2N)CC1)S(N)(=O)=O. The number of rotatable bonds is 4. The van der Waals surface area contributed by atoms with E-state index in [0.29, 0.717) is 8.78 Å². The lowest BCUT2D eigenvalue weighted by Gasteiger charge is -2.36. The predicted molar refractivity (Wildman–Crippen MR) is 109 cm³/mol. The van der Waals surface area contributed by atoms with Gasteiger partial charge in [0, 0.05) is 23.8 Å². The molecule has 29 heavy (non-hydrogen) atoms. The summed E-state index contributed by atoms with van der Waals surface area (Å²) in [6.45, 7) is 4.72. The van der Waals surface area contributed by atoms with Gasteiger partial charge in [0.1, 0.15) is 16.3 Å². The monoisotopic (exact) mass is 513 g/mol. The minimum absolute atomic E-state index is 0.0340. The number of nitrogens with two attached hydrogens (primary N) is 2. The summed E-state index contributed by atoms with van der Waals surface area (Å²) >= 11 is 3.16. The van der Waals surface area contributed by atoms with Crippen LogP contribution in [0.5, 0.6) is 0 Å². The van der Waals surface area contributed by atoms with Crippen molar-refractivity contribution < 1.29 is 26.4 Å². The standard InChI is InChI=1S/C15H24BrN5O6S2/c1-15(2,3)27-14(22)21(29(18,25)26)11-4-6-20(7-5-11)28(23,24)12-8-10(16)9-19-13(12)17/h8-9,11H,4-7H2,1-3H3,(H2,17,19)(H2,18,25,26). The van der Waals surface area contributed by atoms with Crippen LogP contribution in [0.4, 0.5) is 10.6 Å². The molecular formula is C15H24BrN5O6S2. The fourth-order valence-electron chi connectivity index (χ4n) is 2.86. The second-order valence-electron chi connectivity index (χ2n) is 7.49. The van der Waals surface area contributed by atoms with Gasteiger partial charge in [0.2, 0.25) is 10.0 Å². The molecule has 164 valence electrons. The lowest BCUT2D eigenvalue weighted by atomic mass is 10.1. The Morgan fingerprint density at radius 1 is 1.28 bits per heavy atom. The summed E-state index contributed by atoms with van der Waals surface area (Å²) in [5.41, 5.74) is 4.79. The third kappa shape index (κ3) is 5.78. The van der Waals surface area contributed by atoms with Gasteiger partial charge in [-0.1, -0.05) is 0 Å². The van der Waals surface area contributed by atoms with Crippen LogP contribution in [0.15, 0.2) is 21.6 Å². The van der Waals surface area contributed by atoms with Gasteiger partial charge in [0.05, 0.1) is 6.04 Å². The Morgan fingerprint density at radius 3 is 2.31 bits per heavy atom. The first kappa shape index (κ1) is 23.8. The molecule has 0 aliphatic carbocycles. The van der Waals surface area contributed by atoms with Crippen molar-refractivity contribution in [2.24, 2.45) is 5.14 Å². The largest absolute Gasteiger partial charge is 0.443 e. The van der Waals surface area contributed by atoms with Gasteiger partial charge in [-0.2, -0.15) is 17.0 Å². The van der Waals surface area contributed by atoms with E-state index < -0.39 is 38.0 Å².